The molecule has 0 saturated heterocycles. The van der Waals surface area contributed by atoms with Gasteiger partial charge in [0.2, 0.25) is 0 Å². The second-order valence-corrected chi connectivity index (χ2v) is 4.50. The molecule has 0 aliphatic carbocycles. The average molecular weight is 220 g/mol. The Morgan fingerprint density at radius 1 is 1.12 bits per heavy atom. The Morgan fingerprint density at radius 3 is 2.25 bits per heavy atom. The van der Waals surface area contributed by atoms with Crippen molar-refractivity contribution < 1.29 is 0 Å². The molecular formula is C14H24N2. The first-order valence-electron chi connectivity index (χ1n) is 6.21. The summed E-state index contributed by atoms with van der Waals surface area (Å²) in [6, 6.07) is 10.5. The number of rotatable bonds is 7. The minimum atomic E-state index is 0.273. The highest BCUT2D eigenvalue weighted by molar-refractivity contribution is 5.14. The molecule has 2 nitrogen and oxygen atoms in total. The number of benzene rings is 1. The predicted molar refractivity (Wildman–Crippen MR) is 70.2 cm³/mol. The summed E-state index contributed by atoms with van der Waals surface area (Å²) in [4.78, 5) is 0. The van der Waals surface area contributed by atoms with Crippen LogP contribution in [0.4, 0.5) is 0 Å². The highest BCUT2D eigenvalue weighted by atomic mass is 14.9. The van der Waals surface area contributed by atoms with Crippen molar-refractivity contribution in [3.8, 4) is 0 Å². The number of nitrogens with one attached hydrogen (secondary N) is 1. The van der Waals surface area contributed by atoms with Gasteiger partial charge in [0.1, 0.15) is 0 Å². The molecule has 1 aromatic carbocycles. The van der Waals surface area contributed by atoms with Crippen LogP contribution < -0.4 is 11.1 Å². The van der Waals surface area contributed by atoms with E-state index in [1.54, 1.807) is 0 Å². The van der Waals surface area contributed by atoms with Crippen LogP contribution in [0.1, 0.15) is 32.3 Å². The van der Waals surface area contributed by atoms with E-state index in [9.17, 15) is 0 Å². The zero-order chi connectivity index (χ0) is 11.9. The normalized spacial score (nSPS) is 11.7. The quantitative estimate of drug-likeness (QED) is 0.741. The standard InChI is InChI=1S/C14H24N2/c1-3-14(4-2,11-15)12-16-10-13-8-6-5-7-9-13/h5-9,16H,3-4,10-12,15H2,1-2H3. The van der Waals surface area contributed by atoms with Gasteiger partial charge in [0, 0.05) is 13.1 Å². The topological polar surface area (TPSA) is 38.0 Å². The molecule has 2 heteroatoms. The zero-order valence-electron chi connectivity index (χ0n) is 10.5. The van der Waals surface area contributed by atoms with Gasteiger partial charge in [0.25, 0.3) is 0 Å². The van der Waals surface area contributed by atoms with Crippen LogP contribution in [0.3, 0.4) is 0 Å². The van der Waals surface area contributed by atoms with E-state index in [2.05, 4.69) is 43.4 Å². The third kappa shape index (κ3) is 3.62. The van der Waals surface area contributed by atoms with Gasteiger partial charge < -0.3 is 11.1 Å². The minimum absolute atomic E-state index is 0.273. The predicted octanol–water partition coefficient (Wildman–Crippen LogP) is 2.54. The van der Waals surface area contributed by atoms with E-state index in [0.29, 0.717) is 0 Å². The summed E-state index contributed by atoms with van der Waals surface area (Å²) in [7, 11) is 0. The van der Waals surface area contributed by atoms with Gasteiger partial charge in [-0.2, -0.15) is 0 Å². The van der Waals surface area contributed by atoms with Crippen molar-refractivity contribution in [2.75, 3.05) is 13.1 Å². The smallest absolute Gasteiger partial charge is 0.0205 e. The van der Waals surface area contributed by atoms with Crippen molar-refractivity contribution >= 4 is 0 Å². The van der Waals surface area contributed by atoms with Gasteiger partial charge in [-0.1, -0.05) is 44.2 Å². The summed E-state index contributed by atoms with van der Waals surface area (Å²) in [5.74, 6) is 0. The fraction of sp³-hybridized carbons (Fsp3) is 0.571. The fourth-order valence-corrected chi connectivity index (χ4v) is 1.93. The van der Waals surface area contributed by atoms with Crippen molar-refractivity contribution in [1.82, 2.24) is 5.32 Å². The summed E-state index contributed by atoms with van der Waals surface area (Å²) < 4.78 is 0. The molecule has 0 fully saturated rings. The Balaban J connectivity index is 2.39. The Labute approximate surface area is 99.2 Å². The molecule has 0 amide bonds. The molecule has 1 aromatic rings. The molecule has 3 N–H and O–H groups in total. The third-order valence-corrected chi connectivity index (χ3v) is 3.60. The van der Waals surface area contributed by atoms with Gasteiger partial charge in [-0.25, -0.2) is 0 Å². The van der Waals surface area contributed by atoms with Gasteiger partial charge >= 0.3 is 0 Å². The van der Waals surface area contributed by atoms with Gasteiger partial charge in [-0.15, -0.1) is 0 Å². The Kier molecular flexibility index (Phi) is 5.50. The highest BCUT2D eigenvalue weighted by Crippen LogP contribution is 2.23. The van der Waals surface area contributed by atoms with Crippen LogP contribution in [0.25, 0.3) is 0 Å². The maximum Gasteiger partial charge on any atom is 0.0205 e. The van der Waals surface area contributed by atoms with Crippen molar-refractivity contribution in [2.45, 2.75) is 33.2 Å². The van der Waals surface area contributed by atoms with Gasteiger partial charge in [0.05, 0.1) is 0 Å². The summed E-state index contributed by atoms with van der Waals surface area (Å²) in [5, 5.41) is 3.52. The number of nitrogens with two attached hydrogens (primary N) is 1. The van der Waals surface area contributed by atoms with E-state index < -0.39 is 0 Å². The Hall–Kier alpha value is -0.860. The van der Waals surface area contributed by atoms with E-state index in [0.717, 1.165) is 32.5 Å². The highest BCUT2D eigenvalue weighted by Gasteiger charge is 2.23. The molecule has 0 unspecified atom stereocenters. The molecule has 0 atom stereocenters. The average Bonchev–Trinajstić information content (AvgIpc) is 2.37. The Bertz CT molecular complexity index is 270. The first-order valence-corrected chi connectivity index (χ1v) is 6.21. The van der Waals surface area contributed by atoms with Crippen LogP contribution in [-0.4, -0.2) is 13.1 Å². The van der Waals surface area contributed by atoms with E-state index in [1.807, 2.05) is 6.07 Å². The molecule has 0 bridgehead atoms. The van der Waals surface area contributed by atoms with E-state index in [1.165, 1.54) is 5.56 Å². The van der Waals surface area contributed by atoms with Crippen LogP contribution in [0.15, 0.2) is 30.3 Å². The second kappa shape index (κ2) is 6.66. The fourth-order valence-electron chi connectivity index (χ4n) is 1.93. The second-order valence-electron chi connectivity index (χ2n) is 4.50. The largest absolute Gasteiger partial charge is 0.330 e. The van der Waals surface area contributed by atoms with Crippen molar-refractivity contribution in [3.05, 3.63) is 35.9 Å². The molecular weight excluding hydrogens is 196 g/mol. The maximum atomic E-state index is 5.87. The SMILES string of the molecule is CCC(CC)(CN)CNCc1ccccc1. The lowest BCUT2D eigenvalue weighted by Crippen LogP contribution is -2.39. The zero-order valence-corrected chi connectivity index (χ0v) is 10.5. The molecule has 0 heterocycles. The molecule has 90 valence electrons. The van der Waals surface area contributed by atoms with Gasteiger partial charge in [-0.3, -0.25) is 0 Å². The first-order chi connectivity index (χ1) is 7.76. The monoisotopic (exact) mass is 220 g/mol. The lowest BCUT2D eigenvalue weighted by atomic mass is 9.82. The molecule has 16 heavy (non-hydrogen) atoms. The lowest BCUT2D eigenvalue weighted by Gasteiger charge is -2.30. The van der Waals surface area contributed by atoms with E-state index in [-0.39, 0.29) is 5.41 Å². The van der Waals surface area contributed by atoms with Crippen LogP contribution >= 0.6 is 0 Å². The van der Waals surface area contributed by atoms with Crippen LogP contribution in [0.5, 0.6) is 0 Å². The van der Waals surface area contributed by atoms with Crippen LogP contribution in [0, 0.1) is 5.41 Å². The third-order valence-electron chi connectivity index (χ3n) is 3.60. The summed E-state index contributed by atoms with van der Waals surface area (Å²) in [6.45, 7) is 7.15. The Morgan fingerprint density at radius 2 is 1.75 bits per heavy atom. The molecule has 0 aliphatic heterocycles. The molecule has 0 spiro atoms. The van der Waals surface area contributed by atoms with E-state index >= 15 is 0 Å². The van der Waals surface area contributed by atoms with Gasteiger partial charge in [0.15, 0.2) is 0 Å². The first kappa shape index (κ1) is 13.2. The molecule has 1 rings (SSSR count). The van der Waals surface area contributed by atoms with Gasteiger partial charge in [-0.05, 0) is 30.4 Å². The van der Waals surface area contributed by atoms with Crippen LogP contribution in [0.2, 0.25) is 0 Å². The number of hydrogen-bond donors (Lipinski definition) is 2. The molecule has 0 radical (unpaired) electrons. The van der Waals surface area contributed by atoms with Crippen LogP contribution in [-0.2, 0) is 6.54 Å². The molecule has 0 saturated carbocycles. The minimum Gasteiger partial charge on any atom is -0.330 e. The van der Waals surface area contributed by atoms with Crippen molar-refractivity contribution in [1.29, 1.82) is 0 Å². The van der Waals surface area contributed by atoms with E-state index in [4.69, 9.17) is 5.73 Å². The summed E-state index contributed by atoms with van der Waals surface area (Å²) >= 11 is 0. The molecule has 0 aromatic heterocycles. The maximum absolute atomic E-state index is 5.87. The molecule has 0 aliphatic rings. The summed E-state index contributed by atoms with van der Waals surface area (Å²) in [6.07, 6.45) is 2.28. The van der Waals surface area contributed by atoms with Crippen molar-refractivity contribution in [3.63, 3.8) is 0 Å². The summed E-state index contributed by atoms with van der Waals surface area (Å²) in [5.41, 5.74) is 7.47. The number of hydrogen-bond acceptors (Lipinski definition) is 2. The lowest BCUT2D eigenvalue weighted by molar-refractivity contribution is 0.258. The van der Waals surface area contributed by atoms with Crippen molar-refractivity contribution in [2.24, 2.45) is 11.1 Å².